The van der Waals surface area contributed by atoms with Crippen LogP contribution in [0.5, 0.6) is 0 Å². The number of aliphatic imine (C=N–C) groups is 1. The number of nitrogens with zero attached hydrogens (tertiary/aromatic N) is 1. The van der Waals surface area contributed by atoms with Crippen LogP contribution in [-0.2, 0) is 0 Å². The molecule has 3 heteroatoms. The summed E-state index contributed by atoms with van der Waals surface area (Å²) < 4.78 is 0. The molecule has 0 rings (SSSR count). The highest BCUT2D eigenvalue weighted by molar-refractivity contribution is 5.78. The molecule has 82 valence electrons. The Morgan fingerprint density at radius 2 is 2.00 bits per heavy atom. The highest BCUT2D eigenvalue weighted by Gasteiger charge is 2.05. The molecule has 0 fully saturated rings. The van der Waals surface area contributed by atoms with Gasteiger partial charge in [-0.25, -0.2) is 0 Å². The molecule has 0 unspecified atom stereocenters. The van der Waals surface area contributed by atoms with Gasteiger partial charge in [0.05, 0.1) is 5.54 Å². The van der Waals surface area contributed by atoms with Crippen molar-refractivity contribution in [3.8, 4) is 0 Å². The molecule has 0 amide bonds. The van der Waals surface area contributed by atoms with Crippen LogP contribution in [-0.4, -0.2) is 23.5 Å². The van der Waals surface area contributed by atoms with E-state index in [2.05, 4.69) is 4.99 Å². The Hall–Kier alpha value is -0.830. The molecule has 0 aliphatic heterocycles. The Morgan fingerprint density at radius 3 is 2.43 bits per heavy atom. The van der Waals surface area contributed by atoms with Gasteiger partial charge in [0.25, 0.3) is 0 Å². The Balaban J connectivity index is 3.99. The molecule has 0 saturated heterocycles. The average molecular weight is 198 g/mol. The van der Waals surface area contributed by atoms with Gasteiger partial charge in [-0.15, -0.1) is 0 Å². The summed E-state index contributed by atoms with van der Waals surface area (Å²) in [5, 5.41) is 8.63. The van der Waals surface area contributed by atoms with Crippen LogP contribution in [0.3, 0.4) is 0 Å². The number of aliphatic hydroxyl groups excluding tert-OH is 1. The Kier molecular flexibility index (Phi) is 6.21. The summed E-state index contributed by atoms with van der Waals surface area (Å²) in [6.07, 6.45) is 6.08. The highest BCUT2D eigenvalue weighted by atomic mass is 16.2. The first-order chi connectivity index (χ1) is 6.49. The largest absolute Gasteiger partial charge is 0.404 e. The van der Waals surface area contributed by atoms with Crippen LogP contribution >= 0.6 is 0 Å². The number of aliphatic hydroxyl groups is 1. The van der Waals surface area contributed by atoms with Gasteiger partial charge in [0.1, 0.15) is 0 Å². The first-order valence-corrected chi connectivity index (χ1v) is 5.06. The van der Waals surface area contributed by atoms with Crippen molar-refractivity contribution < 1.29 is 5.11 Å². The number of hydrogen-bond acceptors (Lipinski definition) is 3. The fourth-order valence-electron chi connectivity index (χ4n) is 0.908. The lowest BCUT2D eigenvalue weighted by molar-refractivity contribution is 0.285. The quantitative estimate of drug-likeness (QED) is 0.523. The average Bonchev–Trinajstić information content (AvgIpc) is 2.09. The molecule has 0 aromatic heterocycles. The number of rotatable bonds is 5. The zero-order chi connectivity index (χ0) is 11.0. The molecule has 0 aliphatic rings. The van der Waals surface area contributed by atoms with Gasteiger partial charge < -0.3 is 10.8 Å². The fourth-order valence-corrected chi connectivity index (χ4v) is 0.908. The summed E-state index contributed by atoms with van der Waals surface area (Å²) >= 11 is 0. The SMILES string of the molecule is CC(C)(C)N=CC(=CN)CCCCO. The van der Waals surface area contributed by atoms with E-state index in [1.165, 1.54) is 0 Å². The predicted molar refractivity (Wildman–Crippen MR) is 61.5 cm³/mol. The third-order valence-corrected chi connectivity index (χ3v) is 1.71. The van der Waals surface area contributed by atoms with Gasteiger partial charge in [0, 0.05) is 12.8 Å². The van der Waals surface area contributed by atoms with Gasteiger partial charge in [-0.2, -0.15) is 0 Å². The van der Waals surface area contributed by atoms with E-state index < -0.39 is 0 Å². The predicted octanol–water partition coefficient (Wildman–Crippen LogP) is 1.86. The molecular weight excluding hydrogens is 176 g/mol. The van der Waals surface area contributed by atoms with Crippen LogP contribution in [0.2, 0.25) is 0 Å². The maximum atomic E-state index is 8.63. The molecule has 0 atom stereocenters. The van der Waals surface area contributed by atoms with Crippen molar-refractivity contribution in [2.24, 2.45) is 10.7 Å². The van der Waals surface area contributed by atoms with E-state index in [1.807, 2.05) is 27.0 Å². The van der Waals surface area contributed by atoms with Crippen molar-refractivity contribution in [3.05, 3.63) is 11.8 Å². The minimum absolute atomic E-state index is 0.0504. The summed E-state index contributed by atoms with van der Waals surface area (Å²) in [5.74, 6) is 0. The van der Waals surface area contributed by atoms with E-state index in [9.17, 15) is 0 Å². The molecule has 3 N–H and O–H groups in total. The zero-order valence-corrected chi connectivity index (χ0v) is 9.45. The standard InChI is InChI=1S/C11H22N2O/c1-11(2,3)13-9-10(8-12)6-4-5-7-14/h8-9,14H,4-7,12H2,1-3H3. The van der Waals surface area contributed by atoms with Gasteiger partial charge in [0.15, 0.2) is 0 Å². The van der Waals surface area contributed by atoms with Crippen LogP contribution in [0.1, 0.15) is 40.0 Å². The second-order valence-corrected chi connectivity index (χ2v) is 4.35. The van der Waals surface area contributed by atoms with Crippen LogP contribution < -0.4 is 5.73 Å². The van der Waals surface area contributed by atoms with Crippen LogP contribution in [0.4, 0.5) is 0 Å². The summed E-state index contributed by atoms with van der Waals surface area (Å²) in [7, 11) is 0. The van der Waals surface area contributed by atoms with Crippen molar-refractivity contribution in [2.45, 2.75) is 45.6 Å². The smallest absolute Gasteiger partial charge is 0.0524 e. The minimum atomic E-state index is -0.0504. The molecule has 0 aliphatic carbocycles. The van der Waals surface area contributed by atoms with Gasteiger partial charge >= 0.3 is 0 Å². The van der Waals surface area contributed by atoms with Crippen molar-refractivity contribution in [2.75, 3.05) is 6.61 Å². The first kappa shape index (κ1) is 13.2. The molecule has 0 aromatic carbocycles. The van der Waals surface area contributed by atoms with E-state index in [0.717, 1.165) is 24.8 Å². The zero-order valence-electron chi connectivity index (χ0n) is 9.45. The monoisotopic (exact) mass is 198 g/mol. The molecular formula is C11H22N2O. The molecule has 0 aromatic rings. The van der Waals surface area contributed by atoms with Gasteiger partial charge in [0.2, 0.25) is 0 Å². The third-order valence-electron chi connectivity index (χ3n) is 1.71. The molecule has 0 heterocycles. The molecule has 0 saturated carbocycles. The molecule has 14 heavy (non-hydrogen) atoms. The minimum Gasteiger partial charge on any atom is -0.404 e. The molecule has 0 spiro atoms. The number of hydrogen-bond donors (Lipinski definition) is 2. The Bertz CT molecular complexity index is 202. The van der Waals surface area contributed by atoms with Crippen LogP contribution in [0.15, 0.2) is 16.8 Å². The lowest BCUT2D eigenvalue weighted by Gasteiger charge is -2.11. The second kappa shape index (κ2) is 6.60. The van der Waals surface area contributed by atoms with Crippen molar-refractivity contribution >= 4 is 6.21 Å². The summed E-state index contributed by atoms with van der Waals surface area (Å²) in [4.78, 5) is 4.37. The van der Waals surface area contributed by atoms with E-state index >= 15 is 0 Å². The second-order valence-electron chi connectivity index (χ2n) is 4.35. The first-order valence-electron chi connectivity index (χ1n) is 5.06. The van der Waals surface area contributed by atoms with E-state index in [-0.39, 0.29) is 12.1 Å². The van der Waals surface area contributed by atoms with Gasteiger partial charge in [-0.1, -0.05) is 0 Å². The van der Waals surface area contributed by atoms with Crippen LogP contribution in [0.25, 0.3) is 0 Å². The van der Waals surface area contributed by atoms with Crippen LogP contribution in [0, 0.1) is 0 Å². The third kappa shape index (κ3) is 7.80. The molecule has 0 bridgehead atoms. The lowest BCUT2D eigenvalue weighted by Crippen LogP contribution is -2.10. The number of allylic oxidation sites excluding steroid dienone is 1. The lowest BCUT2D eigenvalue weighted by atomic mass is 10.1. The maximum Gasteiger partial charge on any atom is 0.0524 e. The molecule has 0 radical (unpaired) electrons. The van der Waals surface area contributed by atoms with Crippen molar-refractivity contribution in [1.29, 1.82) is 0 Å². The topological polar surface area (TPSA) is 58.6 Å². The number of nitrogens with two attached hydrogens (primary N) is 1. The Labute approximate surface area is 86.7 Å². The molecule has 3 nitrogen and oxygen atoms in total. The Morgan fingerprint density at radius 1 is 1.36 bits per heavy atom. The van der Waals surface area contributed by atoms with E-state index in [4.69, 9.17) is 10.8 Å². The number of unbranched alkanes of at least 4 members (excludes halogenated alkanes) is 1. The summed E-state index contributed by atoms with van der Waals surface area (Å²) in [6.45, 7) is 6.39. The van der Waals surface area contributed by atoms with Crippen molar-refractivity contribution in [3.63, 3.8) is 0 Å². The van der Waals surface area contributed by atoms with Gasteiger partial charge in [-0.05, 0) is 51.8 Å². The van der Waals surface area contributed by atoms with Gasteiger partial charge in [-0.3, -0.25) is 4.99 Å². The fraction of sp³-hybridized carbons (Fsp3) is 0.727. The summed E-state index contributed by atoms with van der Waals surface area (Å²) in [5.41, 5.74) is 6.45. The van der Waals surface area contributed by atoms with Crippen molar-refractivity contribution in [1.82, 2.24) is 0 Å². The maximum absolute atomic E-state index is 8.63. The summed E-state index contributed by atoms with van der Waals surface area (Å²) in [6, 6.07) is 0. The van der Waals surface area contributed by atoms with E-state index in [0.29, 0.717) is 0 Å². The van der Waals surface area contributed by atoms with E-state index in [1.54, 1.807) is 6.20 Å². The highest BCUT2D eigenvalue weighted by Crippen LogP contribution is 2.09. The normalized spacial score (nSPS) is 13.9.